The number of ketones is 1. The maximum absolute atomic E-state index is 12.1. The van der Waals surface area contributed by atoms with Gasteiger partial charge in [-0.3, -0.25) is 19.9 Å². The van der Waals surface area contributed by atoms with Crippen molar-refractivity contribution in [1.29, 1.82) is 0 Å². The molecule has 22 heavy (non-hydrogen) atoms. The average Bonchev–Trinajstić information content (AvgIpc) is 2.47. The molecule has 0 amide bonds. The zero-order valence-electron chi connectivity index (χ0n) is 12.4. The SMILES string of the molecule is CCC/C(O)=C1/C(=O)CCCC1=Nc1cccc([N+](=O)[O-])c1. The number of Topliss-reactive ketones (excluding diaryl/α,β-unsaturated/α-hetero) is 1. The quantitative estimate of drug-likeness (QED) is 0.393. The first-order valence-electron chi connectivity index (χ1n) is 7.30. The summed E-state index contributed by atoms with van der Waals surface area (Å²) in [5.41, 5.74) is 1.18. The van der Waals surface area contributed by atoms with Gasteiger partial charge in [-0.25, -0.2) is 0 Å². The minimum Gasteiger partial charge on any atom is -0.511 e. The Bertz CT molecular complexity index is 662. The standard InChI is InChI=1S/C16H18N2O4/c1-2-5-14(19)16-13(8-4-9-15(16)20)17-11-6-3-7-12(10-11)18(21)22/h3,6-7,10,19H,2,4-5,8-9H2,1H3/b16-14-,17-13?. The van der Waals surface area contributed by atoms with Crippen LogP contribution in [0, 0.1) is 10.1 Å². The number of aliphatic hydroxyl groups excluding tert-OH is 1. The van der Waals surface area contributed by atoms with Crippen molar-refractivity contribution < 1.29 is 14.8 Å². The van der Waals surface area contributed by atoms with Crippen LogP contribution in [0.3, 0.4) is 0 Å². The molecule has 1 saturated carbocycles. The van der Waals surface area contributed by atoms with E-state index in [0.29, 0.717) is 42.7 Å². The predicted octanol–water partition coefficient (Wildman–Crippen LogP) is 4.03. The minimum absolute atomic E-state index is 0.0488. The molecule has 0 radical (unpaired) electrons. The van der Waals surface area contributed by atoms with Gasteiger partial charge < -0.3 is 5.11 Å². The fourth-order valence-corrected chi connectivity index (χ4v) is 2.46. The van der Waals surface area contributed by atoms with E-state index in [4.69, 9.17) is 0 Å². The lowest BCUT2D eigenvalue weighted by Crippen LogP contribution is -2.21. The first-order valence-corrected chi connectivity index (χ1v) is 7.30. The van der Waals surface area contributed by atoms with Crippen LogP contribution in [0.2, 0.25) is 0 Å². The fraction of sp³-hybridized carbons (Fsp3) is 0.375. The van der Waals surface area contributed by atoms with Gasteiger partial charge in [0, 0.05) is 25.0 Å². The highest BCUT2D eigenvalue weighted by molar-refractivity contribution is 6.24. The third kappa shape index (κ3) is 3.58. The van der Waals surface area contributed by atoms with Gasteiger partial charge >= 0.3 is 0 Å². The summed E-state index contributed by atoms with van der Waals surface area (Å²) < 4.78 is 0. The molecular weight excluding hydrogens is 284 g/mol. The van der Waals surface area contributed by atoms with Crippen molar-refractivity contribution in [3.63, 3.8) is 0 Å². The van der Waals surface area contributed by atoms with Gasteiger partial charge in [-0.05, 0) is 25.3 Å². The number of benzene rings is 1. The number of non-ortho nitro benzene ring substituents is 1. The van der Waals surface area contributed by atoms with Gasteiger partial charge in [0.15, 0.2) is 5.78 Å². The van der Waals surface area contributed by atoms with Gasteiger partial charge in [0.1, 0.15) is 5.76 Å². The first kappa shape index (κ1) is 15.9. The number of carbonyl (C=O) groups excluding carboxylic acids is 1. The monoisotopic (exact) mass is 302 g/mol. The number of nitrogens with zero attached hydrogens (tertiary/aromatic N) is 2. The molecule has 0 unspecified atom stereocenters. The van der Waals surface area contributed by atoms with Crippen LogP contribution < -0.4 is 0 Å². The molecule has 1 aliphatic rings. The molecule has 1 aromatic carbocycles. The van der Waals surface area contributed by atoms with Gasteiger partial charge in [-0.2, -0.15) is 0 Å². The lowest BCUT2D eigenvalue weighted by Gasteiger charge is -2.17. The van der Waals surface area contributed by atoms with Gasteiger partial charge in [0.2, 0.25) is 0 Å². The second-order valence-corrected chi connectivity index (χ2v) is 5.18. The van der Waals surface area contributed by atoms with Gasteiger partial charge in [-0.15, -0.1) is 0 Å². The second kappa shape index (κ2) is 6.98. The molecule has 2 rings (SSSR count). The molecule has 0 saturated heterocycles. The molecule has 6 heteroatoms. The Morgan fingerprint density at radius 1 is 1.41 bits per heavy atom. The summed E-state index contributed by atoms with van der Waals surface area (Å²) in [5.74, 6) is -0.0437. The largest absolute Gasteiger partial charge is 0.511 e. The van der Waals surface area contributed by atoms with Crippen LogP contribution in [-0.2, 0) is 4.79 Å². The lowest BCUT2D eigenvalue weighted by molar-refractivity contribution is -0.384. The van der Waals surface area contributed by atoms with Gasteiger partial charge in [0.05, 0.1) is 21.9 Å². The maximum atomic E-state index is 12.1. The summed E-state index contributed by atoms with van der Waals surface area (Å²) in [6.45, 7) is 1.92. The number of allylic oxidation sites excluding steroid dienone is 2. The summed E-state index contributed by atoms with van der Waals surface area (Å²) >= 11 is 0. The molecule has 0 aromatic heterocycles. The van der Waals surface area contributed by atoms with E-state index in [9.17, 15) is 20.0 Å². The number of nitro groups is 1. The molecule has 0 atom stereocenters. The molecule has 1 aromatic rings. The van der Waals surface area contributed by atoms with E-state index in [1.807, 2.05) is 6.92 Å². The van der Waals surface area contributed by atoms with E-state index in [1.165, 1.54) is 12.1 Å². The van der Waals surface area contributed by atoms with E-state index in [1.54, 1.807) is 12.1 Å². The summed E-state index contributed by atoms with van der Waals surface area (Å²) in [5, 5.41) is 20.9. The summed E-state index contributed by atoms with van der Waals surface area (Å²) in [4.78, 5) is 26.8. The highest BCUT2D eigenvalue weighted by atomic mass is 16.6. The zero-order valence-corrected chi connectivity index (χ0v) is 12.4. The maximum Gasteiger partial charge on any atom is 0.271 e. The number of hydrogen-bond donors (Lipinski definition) is 1. The van der Waals surface area contributed by atoms with Crippen molar-refractivity contribution in [3.05, 3.63) is 45.7 Å². The molecule has 0 spiro atoms. The summed E-state index contributed by atoms with van der Waals surface area (Å²) in [6, 6.07) is 5.95. The van der Waals surface area contributed by atoms with Crippen molar-refractivity contribution in [2.75, 3.05) is 0 Å². The number of aliphatic hydroxyl groups is 1. The van der Waals surface area contributed by atoms with Gasteiger partial charge in [-0.1, -0.05) is 13.0 Å². The number of nitro benzene ring substituents is 1. The number of carbonyl (C=O) groups is 1. The van der Waals surface area contributed by atoms with Crippen LogP contribution in [0.15, 0.2) is 40.6 Å². The molecule has 1 fully saturated rings. The van der Waals surface area contributed by atoms with Gasteiger partial charge in [0.25, 0.3) is 5.69 Å². The summed E-state index contributed by atoms with van der Waals surface area (Å²) in [6.07, 6.45) is 2.81. The van der Waals surface area contributed by atoms with Crippen LogP contribution in [0.4, 0.5) is 11.4 Å². The second-order valence-electron chi connectivity index (χ2n) is 5.18. The Morgan fingerprint density at radius 3 is 2.86 bits per heavy atom. The van der Waals surface area contributed by atoms with Crippen molar-refractivity contribution in [2.45, 2.75) is 39.0 Å². The van der Waals surface area contributed by atoms with Crippen LogP contribution in [0.1, 0.15) is 39.0 Å². The highest BCUT2D eigenvalue weighted by Gasteiger charge is 2.25. The Balaban J connectivity index is 2.43. The van der Waals surface area contributed by atoms with Crippen LogP contribution in [0.25, 0.3) is 0 Å². The van der Waals surface area contributed by atoms with E-state index in [2.05, 4.69) is 4.99 Å². The number of hydrogen-bond acceptors (Lipinski definition) is 5. The molecule has 1 aliphatic carbocycles. The third-order valence-electron chi connectivity index (χ3n) is 3.46. The summed E-state index contributed by atoms with van der Waals surface area (Å²) in [7, 11) is 0. The highest BCUT2D eigenvalue weighted by Crippen LogP contribution is 2.27. The lowest BCUT2D eigenvalue weighted by atomic mass is 9.89. The Hall–Kier alpha value is -2.50. The topological polar surface area (TPSA) is 92.8 Å². The van der Waals surface area contributed by atoms with E-state index < -0.39 is 4.92 Å². The van der Waals surface area contributed by atoms with Crippen LogP contribution in [-0.4, -0.2) is 21.5 Å². The van der Waals surface area contributed by atoms with Crippen molar-refractivity contribution >= 4 is 22.9 Å². The van der Waals surface area contributed by atoms with Crippen LogP contribution in [0.5, 0.6) is 0 Å². The van der Waals surface area contributed by atoms with Crippen molar-refractivity contribution in [2.24, 2.45) is 4.99 Å². The smallest absolute Gasteiger partial charge is 0.271 e. The molecular formula is C16H18N2O4. The Morgan fingerprint density at radius 2 is 2.18 bits per heavy atom. The van der Waals surface area contributed by atoms with Crippen LogP contribution >= 0.6 is 0 Å². The van der Waals surface area contributed by atoms with E-state index in [-0.39, 0.29) is 17.2 Å². The third-order valence-corrected chi connectivity index (χ3v) is 3.46. The number of rotatable bonds is 4. The molecule has 0 aliphatic heterocycles. The van der Waals surface area contributed by atoms with E-state index in [0.717, 1.165) is 6.42 Å². The molecule has 0 heterocycles. The normalized spacial score (nSPS) is 19.3. The molecule has 0 bridgehead atoms. The minimum atomic E-state index is -0.485. The van der Waals surface area contributed by atoms with E-state index >= 15 is 0 Å². The van der Waals surface area contributed by atoms with Crippen molar-refractivity contribution in [1.82, 2.24) is 0 Å². The molecule has 1 N–H and O–H groups in total. The average molecular weight is 302 g/mol. The fourth-order valence-electron chi connectivity index (χ4n) is 2.46. The number of aliphatic imine (C=N–C) groups is 1. The van der Waals surface area contributed by atoms with Crippen molar-refractivity contribution in [3.8, 4) is 0 Å². The first-order chi connectivity index (χ1) is 10.5. The molecule has 116 valence electrons. The Labute approximate surface area is 128 Å². The zero-order chi connectivity index (χ0) is 16.1. The predicted molar refractivity (Wildman–Crippen MR) is 83.6 cm³/mol. The molecule has 6 nitrogen and oxygen atoms in total. The Kier molecular flexibility index (Phi) is 5.04.